The van der Waals surface area contributed by atoms with Gasteiger partial charge in [-0.2, -0.15) is 5.10 Å². The molecule has 0 aliphatic carbocycles. The minimum absolute atomic E-state index is 0.830. The minimum atomic E-state index is 0.830. The van der Waals surface area contributed by atoms with Gasteiger partial charge in [0.05, 0.1) is 11.1 Å². The summed E-state index contributed by atoms with van der Waals surface area (Å²) in [7, 11) is 0. The van der Waals surface area contributed by atoms with Crippen molar-refractivity contribution in [3.63, 3.8) is 0 Å². The Bertz CT molecular complexity index is 245. The molecule has 2 N–H and O–H groups in total. The molecule has 0 saturated heterocycles. The van der Waals surface area contributed by atoms with Gasteiger partial charge in [0.25, 0.3) is 0 Å². The molecule has 0 fully saturated rings. The van der Waals surface area contributed by atoms with Gasteiger partial charge >= 0.3 is 0 Å². The third-order valence-corrected chi connectivity index (χ3v) is 3.27. The van der Waals surface area contributed by atoms with E-state index < -0.39 is 0 Å². The number of nitrogens with zero attached hydrogens (tertiary/aromatic N) is 2. The Balaban J connectivity index is 2.55. The van der Waals surface area contributed by atoms with Crippen molar-refractivity contribution < 1.29 is 0 Å². The molecule has 1 aromatic rings. The highest BCUT2D eigenvalue weighted by molar-refractivity contribution is 7.99. The number of aryl methyl sites for hydroxylation is 1. The van der Waals surface area contributed by atoms with Crippen LogP contribution >= 0.6 is 11.8 Å². The van der Waals surface area contributed by atoms with Crippen molar-refractivity contribution >= 4 is 17.6 Å². The standard InChI is InChI=1S/C10H19N3S/c1-3-5-6-13-10(11)9(8-12-13)14-7-4-2/h8H,3-7,11H2,1-2H3. The molecule has 0 aromatic carbocycles. The molecule has 0 aliphatic heterocycles. The summed E-state index contributed by atoms with van der Waals surface area (Å²) < 4.78 is 1.90. The molecule has 0 amide bonds. The zero-order valence-electron chi connectivity index (χ0n) is 8.99. The van der Waals surface area contributed by atoms with Crippen molar-refractivity contribution in [3.8, 4) is 0 Å². The number of anilines is 1. The Kier molecular flexibility index (Phi) is 4.87. The van der Waals surface area contributed by atoms with Crippen LogP contribution < -0.4 is 5.73 Å². The number of nitrogens with two attached hydrogens (primary N) is 1. The van der Waals surface area contributed by atoms with Crippen LogP contribution in [0.25, 0.3) is 0 Å². The molecule has 0 atom stereocenters. The second-order valence-corrected chi connectivity index (χ2v) is 4.46. The molecule has 0 spiro atoms. The van der Waals surface area contributed by atoms with Gasteiger partial charge in [0.2, 0.25) is 0 Å². The van der Waals surface area contributed by atoms with Crippen LogP contribution in [0.15, 0.2) is 11.1 Å². The van der Waals surface area contributed by atoms with Crippen LogP contribution in [0.4, 0.5) is 5.82 Å². The second-order valence-electron chi connectivity index (χ2n) is 3.32. The Labute approximate surface area is 90.1 Å². The van der Waals surface area contributed by atoms with Crippen LogP contribution in [0.3, 0.4) is 0 Å². The largest absolute Gasteiger partial charge is 0.383 e. The first-order valence-electron chi connectivity index (χ1n) is 5.23. The van der Waals surface area contributed by atoms with E-state index in [1.54, 1.807) is 11.8 Å². The summed E-state index contributed by atoms with van der Waals surface area (Å²) in [6, 6.07) is 0. The van der Waals surface area contributed by atoms with E-state index in [-0.39, 0.29) is 0 Å². The second kappa shape index (κ2) is 5.96. The number of hydrogen-bond acceptors (Lipinski definition) is 3. The third-order valence-electron chi connectivity index (χ3n) is 2.03. The fourth-order valence-electron chi connectivity index (χ4n) is 1.19. The molecule has 0 aliphatic rings. The van der Waals surface area contributed by atoms with E-state index in [1.807, 2.05) is 10.9 Å². The average Bonchev–Trinajstić information content (AvgIpc) is 2.54. The fraction of sp³-hybridized carbons (Fsp3) is 0.700. The fourth-order valence-corrected chi connectivity index (χ4v) is 1.99. The maximum Gasteiger partial charge on any atom is 0.135 e. The first-order valence-corrected chi connectivity index (χ1v) is 6.22. The molecule has 0 unspecified atom stereocenters. The molecular weight excluding hydrogens is 194 g/mol. The van der Waals surface area contributed by atoms with E-state index in [2.05, 4.69) is 18.9 Å². The highest BCUT2D eigenvalue weighted by Gasteiger charge is 2.06. The van der Waals surface area contributed by atoms with Gasteiger partial charge in [-0.05, 0) is 18.6 Å². The number of nitrogen functional groups attached to an aromatic ring is 1. The lowest BCUT2D eigenvalue weighted by Crippen LogP contribution is -2.04. The van der Waals surface area contributed by atoms with Crippen LogP contribution in [0.5, 0.6) is 0 Å². The van der Waals surface area contributed by atoms with Gasteiger partial charge in [0.1, 0.15) is 5.82 Å². The van der Waals surface area contributed by atoms with Crippen molar-refractivity contribution in [2.45, 2.75) is 44.6 Å². The summed E-state index contributed by atoms with van der Waals surface area (Å²) in [4.78, 5) is 1.13. The lowest BCUT2D eigenvalue weighted by Gasteiger charge is -2.03. The van der Waals surface area contributed by atoms with Gasteiger partial charge < -0.3 is 5.73 Å². The van der Waals surface area contributed by atoms with Crippen LogP contribution in [0.1, 0.15) is 33.1 Å². The normalized spacial score (nSPS) is 10.7. The molecule has 1 heterocycles. The monoisotopic (exact) mass is 213 g/mol. The average molecular weight is 213 g/mol. The summed E-state index contributed by atoms with van der Waals surface area (Å²) in [6.07, 6.45) is 5.37. The molecule has 80 valence electrons. The van der Waals surface area contributed by atoms with Crippen molar-refractivity contribution in [2.24, 2.45) is 0 Å². The maximum atomic E-state index is 5.96. The van der Waals surface area contributed by atoms with Crippen molar-refractivity contribution in [3.05, 3.63) is 6.20 Å². The Morgan fingerprint density at radius 3 is 2.86 bits per heavy atom. The zero-order chi connectivity index (χ0) is 10.4. The van der Waals surface area contributed by atoms with E-state index in [9.17, 15) is 0 Å². The summed E-state index contributed by atoms with van der Waals surface area (Å²) in [5, 5.41) is 4.28. The van der Waals surface area contributed by atoms with Crippen LogP contribution in [-0.4, -0.2) is 15.5 Å². The van der Waals surface area contributed by atoms with E-state index in [0.29, 0.717) is 0 Å². The highest BCUT2D eigenvalue weighted by Crippen LogP contribution is 2.25. The number of thioether (sulfide) groups is 1. The Hall–Kier alpha value is -0.640. The van der Waals surface area contributed by atoms with Gasteiger partial charge in [-0.3, -0.25) is 0 Å². The van der Waals surface area contributed by atoms with Gasteiger partial charge in [0, 0.05) is 6.54 Å². The van der Waals surface area contributed by atoms with Crippen molar-refractivity contribution in [1.82, 2.24) is 9.78 Å². The highest BCUT2D eigenvalue weighted by atomic mass is 32.2. The maximum absolute atomic E-state index is 5.96. The van der Waals surface area contributed by atoms with Gasteiger partial charge in [-0.25, -0.2) is 4.68 Å². The van der Waals surface area contributed by atoms with Crippen molar-refractivity contribution in [1.29, 1.82) is 0 Å². The SMILES string of the molecule is CCCCn1ncc(SCCC)c1N. The molecule has 1 aromatic heterocycles. The molecule has 0 radical (unpaired) electrons. The Morgan fingerprint density at radius 2 is 2.21 bits per heavy atom. The minimum Gasteiger partial charge on any atom is -0.383 e. The predicted octanol–water partition coefficient (Wildman–Crippen LogP) is 2.77. The summed E-state index contributed by atoms with van der Waals surface area (Å²) in [5.74, 6) is 1.95. The summed E-state index contributed by atoms with van der Waals surface area (Å²) in [5.41, 5.74) is 5.96. The molecule has 0 bridgehead atoms. The molecule has 3 nitrogen and oxygen atoms in total. The van der Waals surface area contributed by atoms with Gasteiger partial charge in [0.15, 0.2) is 0 Å². The molecular formula is C10H19N3S. The first kappa shape index (κ1) is 11.4. The lowest BCUT2D eigenvalue weighted by atomic mass is 10.3. The lowest BCUT2D eigenvalue weighted by molar-refractivity contribution is 0.578. The molecule has 0 saturated carbocycles. The predicted molar refractivity (Wildman–Crippen MR) is 62.6 cm³/mol. The molecule has 14 heavy (non-hydrogen) atoms. The third kappa shape index (κ3) is 2.94. The van der Waals surface area contributed by atoms with E-state index >= 15 is 0 Å². The summed E-state index contributed by atoms with van der Waals surface area (Å²) >= 11 is 1.79. The number of hydrogen-bond donors (Lipinski definition) is 1. The Morgan fingerprint density at radius 1 is 1.43 bits per heavy atom. The first-order chi connectivity index (χ1) is 6.79. The van der Waals surface area contributed by atoms with E-state index in [1.165, 1.54) is 12.8 Å². The number of aromatic nitrogens is 2. The topological polar surface area (TPSA) is 43.8 Å². The number of rotatable bonds is 6. The quantitative estimate of drug-likeness (QED) is 0.739. The van der Waals surface area contributed by atoms with Crippen LogP contribution in [-0.2, 0) is 6.54 Å². The smallest absolute Gasteiger partial charge is 0.135 e. The van der Waals surface area contributed by atoms with E-state index in [0.717, 1.165) is 29.4 Å². The van der Waals surface area contributed by atoms with Gasteiger partial charge in [-0.1, -0.05) is 20.3 Å². The molecule has 4 heteroatoms. The number of unbranched alkanes of at least 4 members (excludes halogenated alkanes) is 1. The van der Waals surface area contributed by atoms with E-state index in [4.69, 9.17) is 5.73 Å². The van der Waals surface area contributed by atoms with Crippen LogP contribution in [0.2, 0.25) is 0 Å². The van der Waals surface area contributed by atoms with Crippen molar-refractivity contribution in [2.75, 3.05) is 11.5 Å². The van der Waals surface area contributed by atoms with Gasteiger partial charge in [-0.15, -0.1) is 11.8 Å². The zero-order valence-corrected chi connectivity index (χ0v) is 9.81. The molecule has 1 rings (SSSR count). The summed E-state index contributed by atoms with van der Waals surface area (Å²) in [6.45, 7) is 5.28. The van der Waals surface area contributed by atoms with Crippen LogP contribution in [0, 0.1) is 0 Å².